The lowest BCUT2D eigenvalue weighted by Gasteiger charge is -2.17. The number of hydrogen-bond acceptors (Lipinski definition) is 4. The number of nitrogens with two attached hydrogens (primary N) is 1. The lowest BCUT2D eigenvalue weighted by Crippen LogP contribution is -2.15. The zero-order valence-electron chi connectivity index (χ0n) is 12.9. The fourth-order valence-corrected chi connectivity index (χ4v) is 2.36. The first kappa shape index (κ1) is 15.5. The molecule has 0 amide bonds. The Hall–Kier alpha value is -1.85. The monoisotopic (exact) mass is 289 g/mol. The summed E-state index contributed by atoms with van der Waals surface area (Å²) in [5.41, 5.74) is 9.48. The lowest BCUT2D eigenvalue weighted by atomic mass is 9.98. The van der Waals surface area contributed by atoms with Gasteiger partial charge in [-0.1, -0.05) is 25.1 Å². The summed E-state index contributed by atoms with van der Waals surface area (Å²) in [5, 5.41) is 4.46. The van der Waals surface area contributed by atoms with Crippen LogP contribution < -0.4 is 10.5 Å². The SMILES string of the molecule is CCc1nn(C)cc1C(N)c1ccccc1OCCOC. The van der Waals surface area contributed by atoms with E-state index >= 15 is 0 Å². The second-order valence-corrected chi connectivity index (χ2v) is 4.92. The molecule has 2 rings (SSSR count). The number of rotatable bonds is 7. The van der Waals surface area contributed by atoms with E-state index in [9.17, 15) is 0 Å². The molecule has 21 heavy (non-hydrogen) atoms. The third-order valence-corrected chi connectivity index (χ3v) is 3.41. The van der Waals surface area contributed by atoms with Gasteiger partial charge in [0.05, 0.1) is 18.3 Å². The van der Waals surface area contributed by atoms with Crippen LogP contribution >= 0.6 is 0 Å². The van der Waals surface area contributed by atoms with E-state index in [2.05, 4.69) is 12.0 Å². The number of ether oxygens (including phenoxy) is 2. The van der Waals surface area contributed by atoms with Crippen molar-refractivity contribution in [2.75, 3.05) is 20.3 Å². The van der Waals surface area contributed by atoms with Gasteiger partial charge in [-0.3, -0.25) is 4.68 Å². The summed E-state index contributed by atoms with van der Waals surface area (Å²) in [6.45, 7) is 3.14. The molecule has 0 radical (unpaired) electrons. The van der Waals surface area contributed by atoms with Gasteiger partial charge in [0.1, 0.15) is 12.4 Å². The predicted molar refractivity (Wildman–Crippen MR) is 82.4 cm³/mol. The Labute approximate surface area is 125 Å². The molecule has 0 spiro atoms. The maximum absolute atomic E-state index is 6.45. The van der Waals surface area contributed by atoms with Gasteiger partial charge in [0.25, 0.3) is 0 Å². The highest BCUT2D eigenvalue weighted by Gasteiger charge is 2.19. The second-order valence-electron chi connectivity index (χ2n) is 4.92. The van der Waals surface area contributed by atoms with Crippen LogP contribution in [0.3, 0.4) is 0 Å². The molecular weight excluding hydrogens is 266 g/mol. The summed E-state index contributed by atoms with van der Waals surface area (Å²) in [4.78, 5) is 0. The Morgan fingerprint density at radius 2 is 2.00 bits per heavy atom. The fourth-order valence-electron chi connectivity index (χ4n) is 2.36. The van der Waals surface area contributed by atoms with E-state index in [1.54, 1.807) is 7.11 Å². The molecule has 1 aromatic carbocycles. The normalized spacial score (nSPS) is 12.4. The molecule has 2 N–H and O–H groups in total. The highest BCUT2D eigenvalue weighted by atomic mass is 16.5. The number of hydrogen-bond donors (Lipinski definition) is 1. The molecule has 0 saturated heterocycles. The molecule has 0 fully saturated rings. The van der Waals surface area contributed by atoms with Gasteiger partial charge in [-0.05, 0) is 12.5 Å². The van der Waals surface area contributed by atoms with Gasteiger partial charge in [0.15, 0.2) is 0 Å². The molecule has 1 heterocycles. The number of aryl methyl sites for hydroxylation is 2. The van der Waals surface area contributed by atoms with Crippen LogP contribution in [0, 0.1) is 0 Å². The predicted octanol–water partition coefficient (Wildman–Crippen LogP) is 2.06. The van der Waals surface area contributed by atoms with Crippen LogP contribution in [0.15, 0.2) is 30.5 Å². The fraction of sp³-hybridized carbons (Fsp3) is 0.438. The van der Waals surface area contributed by atoms with E-state index in [0.29, 0.717) is 13.2 Å². The van der Waals surface area contributed by atoms with Crippen molar-refractivity contribution < 1.29 is 9.47 Å². The van der Waals surface area contributed by atoms with Crippen molar-refractivity contribution in [3.05, 3.63) is 47.3 Å². The van der Waals surface area contributed by atoms with Crippen LogP contribution in [0.2, 0.25) is 0 Å². The Balaban J connectivity index is 2.27. The van der Waals surface area contributed by atoms with E-state index in [1.807, 2.05) is 42.2 Å². The quantitative estimate of drug-likeness (QED) is 0.793. The minimum absolute atomic E-state index is 0.243. The smallest absolute Gasteiger partial charge is 0.124 e. The summed E-state index contributed by atoms with van der Waals surface area (Å²) >= 11 is 0. The highest BCUT2D eigenvalue weighted by Crippen LogP contribution is 2.29. The van der Waals surface area contributed by atoms with Crippen molar-refractivity contribution in [2.24, 2.45) is 12.8 Å². The minimum atomic E-state index is -0.243. The number of benzene rings is 1. The molecule has 0 bridgehead atoms. The van der Waals surface area contributed by atoms with Gasteiger partial charge in [0.2, 0.25) is 0 Å². The van der Waals surface area contributed by atoms with Gasteiger partial charge in [-0.15, -0.1) is 0 Å². The molecule has 5 nitrogen and oxygen atoms in total. The average molecular weight is 289 g/mol. The Bertz CT molecular complexity index is 581. The van der Waals surface area contributed by atoms with Crippen molar-refractivity contribution in [2.45, 2.75) is 19.4 Å². The number of nitrogens with zero attached hydrogens (tertiary/aromatic N) is 2. The molecule has 1 atom stereocenters. The maximum Gasteiger partial charge on any atom is 0.124 e. The largest absolute Gasteiger partial charge is 0.491 e. The maximum atomic E-state index is 6.45. The van der Waals surface area contributed by atoms with Crippen molar-refractivity contribution in [3.8, 4) is 5.75 Å². The molecule has 1 aromatic heterocycles. The number of aromatic nitrogens is 2. The Kier molecular flexibility index (Phi) is 5.36. The summed E-state index contributed by atoms with van der Waals surface area (Å²) in [6.07, 6.45) is 2.84. The first-order chi connectivity index (χ1) is 10.2. The van der Waals surface area contributed by atoms with Crippen LogP contribution in [0.4, 0.5) is 0 Å². The molecule has 2 aromatic rings. The summed E-state index contributed by atoms with van der Waals surface area (Å²) < 4.78 is 12.6. The van der Waals surface area contributed by atoms with E-state index in [4.69, 9.17) is 15.2 Å². The first-order valence-electron chi connectivity index (χ1n) is 7.16. The second kappa shape index (κ2) is 7.24. The summed E-state index contributed by atoms with van der Waals surface area (Å²) in [7, 11) is 3.57. The van der Waals surface area contributed by atoms with Crippen molar-refractivity contribution >= 4 is 0 Å². The van der Waals surface area contributed by atoms with Crippen LogP contribution in [0.1, 0.15) is 29.8 Å². The molecular formula is C16H23N3O2. The molecule has 0 aliphatic carbocycles. The first-order valence-corrected chi connectivity index (χ1v) is 7.16. The Morgan fingerprint density at radius 3 is 2.71 bits per heavy atom. The highest BCUT2D eigenvalue weighted by molar-refractivity contribution is 5.42. The number of methoxy groups -OCH3 is 1. The standard InChI is InChI=1S/C16H23N3O2/c1-4-14-13(11-19(2)18-14)16(17)12-7-5-6-8-15(12)21-10-9-20-3/h5-8,11,16H,4,9-10,17H2,1-3H3. The van der Waals surface area contributed by atoms with E-state index in [-0.39, 0.29) is 6.04 Å². The molecule has 0 saturated carbocycles. The summed E-state index contributed by atoms with van der Waals surface area (Å²) in [5.74, 6) is 0.799. The zero-order chi connectivity index (χ0) is 15.2. The van der Waals surface area contributed by atoms with E-state index < -0.39 is 0 Å². The molecule has 0 aliphatic heterocycles. The van der Waals surface area contributed by atoms with Gasteiger partial charge < -0.3 is 15.2 Å². The van der Waals surface area contributed by atoms with Gasteiger partial charge in [-0.2, -0.15) is 5.10 Å². The lowest BCUT2D eigenvalue weighted by molar-refractivity contribution is 0.145. The molecule has 1 unspecified atom stereocenters. The molecule has 114 valence electrons. The van der Waals surface area contributed by atoms with Gasteiger partial charge >= 0.3 is 0 Å². The topological polar surface area (TPSA) is 62.3 Å². The van der Waals surface area contributed by atoms with Crippen molar-refractivity contribution in [3.63, 3.8) is 0 Å². The van der Waals surface area contributed by atoms with E-state index in [0.717, 1.165) is 29.0 Å². The minimum Gasteiger partial charge on any atom is -0.491 e. The van der Waals surface area contributed by atoms with Crippen LogP contribution in [-0.4, -0.2) is 30.1 Å². The van der Waals surface area contributed by atoms with Gasteiger partial charge in [-0.25, -0.2) is 0 Å². The molecule has 5 heteroatoms. The van der Waals surface area contributed by atoms with Crippen molar-refractivity contribution in [1.82, 2.24) is 9.78 Å². The third-order valence-electron chi connectivity index (χ3n) is 3.41. The van der Waals surface area contributed by atoms with E-state index in [1.165, 1.54) is 0 Å². The number of para-hydroxylation sites is 1. The van der Waals surface area contributed by atoms with Crippen LogP contribution in [-0.2, 0) is 18.2 Å². The molecule has 0 aliphatic rings. The zero-order valence-corrected chi connectivity index (χ0v) is 12.9. The van der Waals surface area contributed by atoms with Crippen molar-refractivity contribution in [1.29, 1.82) is 0 Å². The average Bonchev–Trinajstić information content (AvgIpc) is 2.88. The summed E-state index contributed by atoms with van der Waals surface area (Å²) in [6, 6.07) is 7.61. The van der Waals surface area contributed by atoms with Crippen LogP contribution in [0.25, 0.3) is 0 Å². The van der Waals surface area contributed by atoms with Crippen LogP contribution in [0.5, 0.6) is 5.75 Å². The van der Waals surface area contributed by atoms with Gasteiger partial charge in [0, 0.05) is 31.5 Å². The third kappa shape index (κ3) is 3.62. The Morgan fingerprint density at radius 1 is 1.24 bits per heavy atom.